The highest BCUT2D eigenvalue weighted by atomic mass is 32.1. The van der Waals surface area contributed by atoms with Gasteiger partial charge in [0.1, 0.15) is 12.1 Å². The molecule has 0 rings (SSSR count). The van der Waals surface area contributed by atoms with Gasteiger partial charge in [0.15, 0.2) is 0 Å². The molecule has 12 nitrogen and oxygen atoms in total. The Bertz CT molecular complexity index is 590. The molecular weight excluding hydrogens is 404 g/mol. The van der Waals surface area contributed by atoms with Gasteiger partial charge < -0.3 is 38.3 Å². The van der Waals surface area contributed by atoms with Gasteiger partial charge in [-0.2, -0.15) is 12.6 Å². The number of primary amides is 1. The number of carboxylic acids is 1. The van der Waals surface area contributed by atoms with Gasteiger partial charge in [-0.15, -0.1) is 0 Å². The van der Waals surface area contributed by atoms with Crippen molar-refractivity contribution in [2.75, 3.05) is 18.8 Å². The number of unbranched alkanes of at least 4 members (excludes halogenated alkanes) is 1. The molecule has 0 aromatic heterocycles. The highest BCUT2D eigenvalue weighted by molar-refractivity contribution is 7.80. The smallest absolute Gasteiger partial charge is 0.327 e. The van der Waals surface area contributed by atoms with Crippen LogP contribution in [-0.2, 0) is 24.0 Å². The summed E-state index contributed by atoms with van der Waals surface area (Å²) < 4.78 is 0. The first-order chi connectivity index (χ1) is 13.6. The number of rotatable bonds is 15. The first-order valence-electron chi connectivity index (χ1n) is 9.07. The van der Waals surface area contributed by atoms with Crippen LogP contribution in [0.25, 0.3) is 0 Å². The molecule has 0 saturated carbocycles. The molecule has 0 aliphatic rings. The zero-order chi connectivity index (χ0) is 22.4. The van der Waals surface area contributed by atoms with Crippen LogP contribution in [0, 0.1) is 0 Å². The van der Waals surface area contributed by atoms with E-state index in [0.29, 0.717) is 19.4 Å². The van der Waals surface area contributed by atoms with E-state index in [9.17, 15) is 24.0 Å². The number of hydrogen-bond acceptors (Lipinski definition) is 8. The Balaban J connectivity index is 4.74. The van der Waals surface area contributed by atoms with Crippen molar-refractivity contribution < 1.29 is 29.1 Å². The van der Waals surface area contributed by atoms with Crippen molar-refractivity contribution in [1.82, 2.24) is 16.0 Å². The van der Waals surface area contributed by atoms with Crippen molar-refractivity contribution >= 4 is 42.2 Å². The van der Waals surface area contributed by atoms with Crippen LogP contribution in [0.3, 0.4) is 0 Å². The first kappa shape index (κ1) is 26.6. The van der Waals surface area contributed by atoms with Crippen LogP contribution in [0.2, 0.25) is 0 Å². The van der Waals surface area contributed by atoms with E-state index in [1.54, 1.807) is 0 Å². The van der Waals surface area contributed by atoms with Crippen LogP contribution >= 0.6 is 12.6 Å². The molecule has 13 heteroatoms. The van der Waals surface area contributed by atoms with Gasteiger partial charge in [-0.05, 0) is 25.8 Å². The number of nitrogens with one attached hydrogen (secondary N) is 3. The van der Waals surface area contributed by atoms with Gasteiger partial charge in [0, 0.05) is 12.2 Å². The molecule has 0 saturated heterocycles. The fourth-order valence-electron chi connectivity index (χ4n) is 2.20. The molecule has 166 valence electrons. The summed E-state index contributed by atoms with van der Waals surface area (Å²) in [6.07, 6.45) is 1.45. The second-order valence-electron chi connectivity index (χ2n) is 6.32. The lowest BCUT2D eigenvalue weighted by Gasteiger charge is -2.20. The number of carbonyl (C=O) groups excluding carboxylic acids is 4. The number of carbonyl (C=O) groups is 5. The first-order valence-corrected chi connectivity index (χ1v) is 9.70. The van der Waals surface area contributed by atoms with Gasteiger partial charge in [0.25, 0.3) is 0 Å². The Labute approximate surface area is 174 Å². The van der Waals surface area contributed by atoms with Crippen LogP contribution < -0.4 is 33.2 Å². The molecule has 0 heterocycles. The Morgan fingerprint density at radius 1 is 0.966 bits per heavy atom. The van der Waals surface area contributed by atoms with Crippen molar-refractivity contribution in [2.24, 2.45) is 17.2 Å². The Morgan fingerprint density at radius 2 is 1.62 bits per heavy atom. The van der Waals surface area contributed by atoms with Gasteiger partial charge in [-0.1, -0.05) is 6.42 Å². The van der Waals surface area contributed by atoms with Crippen molar-refractivity contribution in [3.05, 3.63) is 0 Å². The fourth-order valence-corrected chi connectivity index (χ4v) is 2.44. The van der Waals surface area contributed by atoms with E-state index in [-0.39, 0.29) is 18.6 Å². The molecule has 0 spiro atoms. The summed E-state index contributed by atoms with van der Waals surface area (Å²) in [6, 6.07) is -3.29. The average Bonchev–Trinajstić information content (AvgIpc) is 2.66. The molecule has 0 aromatic carbocycles. The minimum atomic E-state index is -1.30. The van der Waals surface area contributed by atoms with Gasteiger partial charge >= 0.3 is 5.97 Å². The number of hydrogen-bond donors (Lipinski definition) is 8. The van der Waals surface area contributed by atoms with Crippen molar-refractivity contribution in [1.29, 1.82) is 0 Å². The lowest BCUT2D eigenvalue weighted by Crippen LogP contribution is -2.54. The van der Waals surface area contributed by atoms with E-state index >= 15 is 0 Å². The zero-order valence-electron chi connectivity index (χ0n) is 16.1. The molecule has 0 aromatic rings. The maximum absolute atomic E-state index is 12.3. The minimum Gasteiger partial charge on any atom is -0.480 e. The molecular formula is C16H30N6O6S. The predicted octanol–water partition coefficient (Wildman–Crippen LogP) is -3.19. The standard InChI is InChI=1S/C16H30N6O6S/c17-6-2-1-3-9(18)14(25)20-7-13(24)21-10(4-5-12(19)23)15(26)22-11(8-29)16(27)28/h9-11,29H,1-8,17-18H2,(H2,19,23)(H,20,25)(H,21,24)(H,22,26)(H,27,28). The van der Waals surface area contributed by atoms with Gasteiger partial charge in [-0.3, -0.25) is 19.2 Å². The molecule has 0 aliphatic heterocycles. The summed E-state index contributed by atoms with van der Waals surface area (Å²) in [7, 11) is 0. The van der Waals surface area contributed by atoms with Crippen molar-refractivity contribution in [3.8, 4) is 0 Å². The number of thiol groups is 1. The van der Waals surface area contributed by atoms with E-state index in [0.717, 1.165) is 6.42 Å². The predicted molar refractivity (Wildman–Crippen MR) is 108 cm³/mol. The van der Waals surface area contributed by atoms with E-state index in [2.05, 4.69) is 28.6 Å². The van der Waals surface area contributed by atoms with Crippen LogP contribution in [0.15, 0.2) is 0 Å². The molecule has 4 amide bonds. The average molecular weight is 435 g/mol. The van der Waals surface area contributed by atoms with Gasteiger partial charge in [-0.25, -0.2) is 4.79 Å². The van der Waals surface area contributed by atoms with E-state index in [1.165, 1.54) is 0 Å². The van der Waals surface area contributed by atoms with Gasteiger partial charge in [0.05, 0.1) is 12.6 Å². The molecule has 0 fully saturated rings. The highest BCUT2D eigenvalue weighted by Gasteiger charge is 2.26. The van der Waals surface area contributed by atoms with Crippen LogP contribution in [0.5, 0.6) is 0 Å². The monoisotopic (exact) mass is 434 g/mol. The van der Waals surface area contributed by atoms with E-state index < -0.39 is 54.3 Å². The number of amides is 4. The highest BCUT2D eigenvalue weighted by Crippen LogP contribution is 2.00. The van der Waals surface area contributed by atoms with Crippen molar-refractivity contribution in [3.63, 3.8) is 0 Å². The number of aliphatic carboxylic acids is 1. The van der Waals surface area contributed by atoms with Crippen LogP contribution in [0.4, 0.5) is 0 Å². The molecule has 29 heavy (non-hydrogen) atoms. The van der Waals surface area contributed by atoms with Crippen LogP contribution in [-0.4, -0.2) is 71.7 Å². The topological polar surface area (TPSA) is 220 Å². The second-order valence-corrected chi connectivity index (χ2v) is 6.68. The molecule has 3 unspecified atom stereocenters. The quantitative estimate of drug-likeness (QED) is 0.0966. The SMILES string of the molecule is NCCCCC(N)C(=O)NCC(=O)NC(CCC(N)=O)C(=O)NC(CS)C(=O)O. The molecule has 0 bridgehead atoms. The number of nitrogens with two attached hydrogens (primary N) is 3. The molecule has 0 radical (unpaired) electrons. The molecule has 3 atom stereocenters. The summed E-state index contributed by atoms with van der Waals surface area (Å²) >= 11 is 3.83. The van der Waals surface area contributed by atoms with Crippen molar-refractivity contribution in [2.45, 2.75) is 50.2 Å². The van der Waals surface area contributed by atoms with Crippen LogP contribution in [0.1, 0.15) is 32.1 Å². The lowest BCUT2D eigenvalue weighted by molar-refractivity contribution is -0.141. The third-order valence-corrected chi connectivity index (χ3v) is 4.22. The summed E-state index contributed by atoms with van der Waals surface area (Å²) in [4.78, 5) is 58.2. The van der Waals surface area contributed by atoms with E-state index in [1.807, 2.05) is 0 Å². The maximum Gasteiger partial charge on any atom is 0.327 e. The minimum absolute atomic E-state index is 0.141. The Hall–Kier alpha value is -2.38. The Kier molecular flexibility index (Phi) is 13.4. The molecule has 10 N–H and O–H groups in total. The largest absolute Gasteiger partial charge is 0.480 e. The van der Waals surface area contributed by atoms with E-state index in [4.69, 9.17) is 22.3 Å². The summed E-state index contributed by atoms with van der Waals surface area (Å²) in [5.41, 5.74) is 16.1. The summed E-state index contributed by atoms with van der Waals surface area (Å²) in [5.74, 6) is -4.23. The lowest BCUT2D eigenvalue weighted by atomic mass is 10.1. The summed E-state index contributed by atoms with van der Waals surface area (Å²) in [6.45, 7) is 0.0418. The normalized spacial score (nSPS) is 13.6. The second kappa shape index (κ2) is 14.6. The number of carboxylic acid groups (broad SMARTS) is 1. The fraction of sp³-hybridized carbons (Fsp3) is 0.688. The Morgan fingerprint density at radius 3 is 2.14 bits per heavy atom. The third-order valence-electron chi connectivity index (χ3n) is 3.86. The maximum atomic E-state index is 12.3. The van der Waals surface area contributed by atoms with Gasteiger partial charge in [0.2, 0.25) is 23.6 Å². The third kappa shape index (κ3) is 11.9. The molecule has 0 aliphatic carbocycles. The summed E-state index contributed by atoms with van der Waals surface area (Å²) in [5, 5.41) is 15.9. The zero-order valence-corrected chi connectivity index (χ0v) is 17.0.